The summed E-state index contributed by atoms with van der Waals surface area (Å²) in [6.07, 6.45) is 1.50. The van der Waals surface area contributed by atoms with E-state index < -0.39 is 0 Å². The summed E-state index contributed by atoms with van der Waals surface area (Å²) in [6.45, 7) is 2.74. The van der Waals surface area contributed by atoms with Crippen molar-refractivity contribution in [1.29, 1.82) is 0 Å². The van der Waals surface area contributed by atoms with Gasteiger partial charge in [0.05, 0.1) is 5.25 Å². The molecule has 8 heteroatoms. The normalized spacial score (nSPS) is 16.4. The first kappa shape index (κ1) is 13.3. The fourth-order valence-electron chi connectivity index (χ4n) is 1.98. The van der Waals surface area contributed by atoms with Gasteiger partial charge in [0.1, 0.15) is 16.2 Å². The Balaban J connectivity index is 1.78. The zero-order chi connectivity index (χ0) is 14.1. The maximum Gasteiger partial charge on any atom is 0.324 e. The van der Waals surface area contributed by atoms with Gasteiger partial charge in [-0.3, -0.25) is 9.69 Å². The van der Waals surface area contributed by atoms with Crippen LogP contribution in [0.15, 0.2) is 22.8 Å². The van der Waals surface area contributed by atoms with Crippen LogP contribution in [0.2, 0.25) is 0 Å². The number of thiophene rings is 1. The van der Waals surface area contributed by atoms with E-state index in [1.165, 1.54) is 34.3 Å². The predicted molar refractivity (Wildman–Crippen MR) is 77.8 cm³/mol. The Morgan fingerprint density at radius 1 is 1.55 bits per heavy atom. The van der Waals surface area contributed by atoms with E-state index in [0.717, 1.165) is 15.2 Å². The van der Waals surface area contributed by atoms with Gasteiger partial charge in [0, 0.05) is 18.5 Å². The number of carbonyl (C=O) groups excluding carboxylic acids is 2. The van der Waals surface area contributed by atoms with Gasteiger partial charge >= 0.3 is 6.03 Å². The topological polar surface area (TPSA) is 75.2 Å². The summed E-state index contributed by atoms with van der Waals surface area (Å²) in [5, 5.41) is 5.94. The Kier molecular flexibility index (Phi) is 3.58. The number of urea groups is 1. The van der Waals surface area contributed by atoms with Gasteiger partial charge in [-0.25, -0.2) is 14.8 Å². The molecule has 3 rings (SSSR count). The van der Waals surface area contributed by atoms with Crippen molar-refractivity contribution in [1.82, 2.24) is 20.2 Å². The Morgan fingerprint density at radius 2 is 2.40 bits per heavy atom. The van der Waals surface area contributed by atoms with Crippen molar-refractivity contribution in [3.63, 3.8) is 0 Å². The molecule has 1 aliphatic heterocycles. The fraction of sp³-hybridized carbons (Fsp3) is 0.333. The number of thioether (sulfide) groups is 1. The monoisotopic (exact) mass is 308 g/mol. The van der Waals surface area contributed by atoms with Crippen LogP contribution in [0, 0.1) is 0 Å². The third kappa shape index (κ3) is 2.36. The van der Waals surface area contributed by atoms with Crippen molar-refractivity contribution in [3.05, 3.63) is 17.8 Å². The van der Waals surface area contributed by atoms with Gasteiger partial charge in [-0.2, -0.15) is 0 Å². The molecule has 1 unspecified atom stereocenters. The van der Waals surface area contributed by atoms with Crippen LogP contribution in [0.1, 0.15) is 6.92 Å². The quantitative estimate of drug-likeness (QED) is 0.690. The fourth-order valence-corrected chi connectivity index (χ4v) is 3.74. The molecule has 2 aromatic heterocycles. The summed E-state index contributed by atoms with van der Waals surface area (Å²) in [5.74, 6) is -0.188. The SMILES string of the molecule is CC(Sc1ncnc2sccc12)C(=O)N1CCNC1=O. The minimum Gasteiger partial charge on any atom is -0.336 e. The van der Waals surface area contributed by atoms with E-state index in [1.807, 2.05) is 11.4 Å². The molecule has 0 aromatic carbocycles. The lowest BCUT2D eigenvalue weighted by atomic mass is 10.4. The molecule has 3 heterocycles. The van der Waals surface area contributed by atoms with E-state index >= 15 is 0 Å². The van der Waals surface area contributed by atoms with Crippen LogP contribution in [0.25, 0.3) is 10.2 Å². The number of amides is 3. The van der Waals surface area contributed by atoms with E-state index in [4.69, 9.17) is 0 Å². The number of aromatic nitrogens is 2. The van der Waals surface area contributed by atoms with E-state index in [0.29, 0.717) is 13.1 Å². The van der Waals surface area contributed by atoms with Crippen LogP contribution >= 0.6 is 23.1 Å². The number of nitrogens with zero attached hydrogens (tertiary/aromatic N) is 3. The summed E-state index contributed by atoms with van der Waals surface area (Å²) in [6, 6.07) is 1.63. The molecule has 6 nitrogen and oxygen atoms in total. The summed E-state index contributed by atoms with van der Waals surface area (Å²) >= 11 is 2.90. The number of hydrogen-bond donors (Lipinski definition) is 1. The Bertz CT molecular complexity index is 672. The van der Waals surface area contributed by atoms with Crippen molar-refractivity contribution in [2.75, 3.05) is 13.1 Å². The molecule has 1 saturated heterocycles. The van der Waals surface area contributed by atoms with Crippen molar-refractivity contribution >= 4 is 45.3 Å². The van der Waals surface area contributed by atoms with Crippen LogP contribution in [0.5, 0.6) is 0 Å². The molecule has 1 N–H and O–H groups in total. The molecule has 1 fully saturated rings. The molecule has 0 radical (unpaired) electrons. The molecular formula is C12H12N4O2S2. The molecule has 1 aliphatic rings. The van der Waals surface area contributed by atoms with Gasteiger partial charge in [0.15, 0.2) is 0 Å². The maximum atomic E-state index is 12.2. The first-order chi connectivity index (χ1) is 9.66. The number of hydrogen-bond acceptors (Lipinski definition) is 6. The van der Waals surface area contributed by atoms with Gasteiger partial charge in [-0.1, -0.05) is 11.8 Å². The van der Waals surface area contributed by atoms with Crippen molar-refractivity contribution in [3.8, 4) is 0 Å². The highest BCUT2D eigenvalue weighted by atomic mass is 32.2. The highest BCUT2D eigenvalue weighted by Crippen LogP contribution is 2.31. The summed E-state index contributed by atoms with van der Waals surface area (Å²) < 4.78 is 0. The third-order valence-electron chi connectivity index (χ3n) is 2.98. The zero-order valence-corrected chi connectivity index (χ0v) is 12.3. The lowest BCUT2D eigenvalue weighted by Gasteiger charge is -2.17. The number of imide groups is 1. The molecule has 20 heavy (non-hydrogen) atoms. The van der Waals surface area contributed by atoms with E-state index in [2.05, 4.69) is 15.3 Å². The largest absolute Gasteiger partial charge is 0.336 e. The minimum atomic E-state index is -0.364. The molecule has 0 saturated carbocycles. The minimum absolute atomic E-state index is 0.188. The Hall–Kier alpha value is -1.67. The van der Waals surface area contributed by atoms with E-state index in [9.17, 15) is 9.59 Å². The summed E-state index contributed by atoms with van der Waals surface area (Å²) in [7, 11) is 0. The first-order valence-corrected chi connectivity index (χ1v) is 7.87. The predicted octanol–water partition coefficient (Wildman–Crippen LogP) is 1.72. The highest BCUT2D eigenvalue weighted by molar-refractivity contribution is 8.00. The molecule has 2 aromatic rings. The summed E-state index contributed by atoms with van der Waals surface area (Å²) in [4.78, 5) is 34.3. The molecule has 0 bridgehead atoms. The number of rotatable bonds is 3. The smallest absolute Gasteiger partial charge is 0.324 e. The van der Waals surface area contributed by atoms with Crippen molar-refractivity contribution in [2.24, 2.45) is 0 Å². The highest BCUT2D eigenvalue weighted by Gasteiger charge is 2.30. The lowest BCUT2D eigenvalue weighted by molar-refractivity contribution is -0.126. The van der Waals surface area contributed by atoms with E-state index in [-0.39, 0.29) is 17.2 Å². The summed E-state index contributed by atoms with van der Waals surface area (Å²) in [5.41, 5.74) is 0. The van der Waals surface area contributed by atoms with E-state index in [1.54, 1.807) is 6.92 Å². The Morgan fingerprint density at radius 3 is 3.15 bits per heavy atom. The molecule has 0 spiro atoms. The average Bonchev–Trinajstić information content (AvgIpc) is 3.06. The van der Waals surface area contributed by atoms with Gasteiger partial charge < -0.3 is 5.32 Å². The Labute approximate surface area is 123 Å². The van der Waals surface area contributed by atoms with Crippen LogP contribution in [0.4, 0.5) is 4.79 Å². The molecular weight excluding hydrogens is 296 g/mol. The standard InChI is InChI=1S/C12H12N4O2S2/c1-7(11(17)16-4-3-13-12(16)18)20-10-8-2-5-19-9(8)14-6-15-10/h2,5-7H,3-4H2,1H3,(H,13,18). The number of nitrogens with one attached hydrogen (secondary N) is 1. The maximum absolute atomic E-state index is 12.2. The number of carbonyl (C=O) groups is 2. The second-order valence-corrected chi connectivity index (χ2v) is 6.52. The molecule has 0 aliphatic carbocycles. The first-order valence-electron chi connectivity index (χ1n) is 6.11. The van der Waals surface area contributed by atoms with Gasteiger partial charge in [-0.15, -0.1) is 11.3 Å². The van der Waals surface area contributed by atoms with Gasteiger partial charge in [-0.05, 0) is 18.4 Å². The second-order valence-electron chi connectivity index (χ2n) is 4.30. The zero-order valence-electron chi connectivity index (χ0n) is 10.7. The van der Waals surface area contributed by atoms with Crippen LogP contribution in [0.3, 0.4) is 0 Å². The lowest BCUT2D eigenvalue weighted by Crippen LogP contribution is -2.38. The van der Waals surface area contributed by atoms with Gasteiger partial charge in [0.25, 0.3) is 0 Å². The van der Waals surface area contributed by atoms with Crippen LogP contribution in [-0.4, -0.2) is 45.1 Å². The molecule has 3 amide bonds. The number of fused-ring (bicyclic) bond motifs is 1. The second kappa shape index (κ2) is 5.37. The average molecular weight is 308 g/mol. The van der Waals surface area contributed by atoms with Crippen molar-refractivity contribution in [2.45, 2.75) is 17.2 Å². The molecule has 104 valence electrons. The van der Waals surface area contributed by atoms with Crippen molar-refractivity contribution < 1.29 is 9.59 Å². The van der Waals surface area contributed by atoms with Crippen LogP contribution < -0.4 is 5.32 Å². The van der Waals surface area contributed by atoms with Gasteiger partial charge in [0.2, 0.25) is 5.91 Å². The van der Waals surface area contributed by atoms with Crippen LogP contribution in [-0.2, 0) is 4.79 Å². The third-order valence-corrected chi connectivity index (χ3v) is 4.91. The molecule has 1 atom stereocenters.